The van der Waals surface area contributed by atoms with Crippen LogP contribution in [-0.2, 0) is 15.1 Å². The summed E-state index contributed by atoms with van der Waals surface area (Å²) < 4.78 is 18.8. The second-order valence-corrected chi connectivity index (χ2v) is 5.57. The second-order valence-electron chi connectivity index (χ2n) is 5.57. The number of halogens is 1. The molecule has 21 heavy (non-hydrogen) atoms. The number of likely N-dealkylation sites (tertiary alicyclic amines) is 1. The maximum Gasteiger partial charge on any atom is 0.308 e. The third-order valence-corrected chi connectivity index (χ3v) is 4.40. The van der Waals surface area contributed by atoms with Crippen LogP contribution in [0.1, 0.15) is 45.1 Å². The number of esters is 1. The van der Waals surface area contributed by atoms with Gasteiger partial charge in [0.25, 0.3) is 0 Å². The fraction of sp³-hybridized carbons (Fsp3) is 0.588. The maximum absolute atomic E-state index is 13.7. The monoisotopic (exact) mass is 293 g/mol. The summed E-state index contributed by atoms with van der Waals surface area (Å²) in [4.78, 5) is 14.4. The molecule has 1 fully saturated rings. The number of carbonyl (C=O) groups excluding carboxylic acids is 1. The Morgan fingerprint density at radius 3 is 2.62 bits per heavy atom. The molecular formula is C17H24FNO2. The van der Waals surface area contributed by atoms with Gasteiger partial charge < -0.3 is 4.74 Å². The minimum Gasteiger partial charge on any atom is -0.466 e. The summed E-state index contributed by atoms with van der Waals surface area (Å²) >= 11 is 0. The lowest BCUT2D eigenvalue weighted by Gasteiger charge is -2.41. The van der Waals surface area contributed by atoms with Gasteiger partial charge in [-0.2, -0.15) is 0 Å². The van der Waals surface area contributed by atoms with Crippen LogP contribution in [0.5, 0.6) is 0 Å². The number of hydrogen-bond acceptors (Lipinski definition) is 3. The Bertz CT molecular complexity index is 485. The summed E-state index contributed by atoms with van der Waals surface area (Å²) in [5.41, 5.74) is 0.421. The number of carbonyl (C=O) groups is 1. The zero-order valence-electron chi connectivity index (χ0n) is 12.9. The molecule has 0 spiro atoms. The van der Waals surface area contributed by atoms with E-state index in [2.05, 4.69) is 11.8 Å². The summed E-state index contributed by atoms with van der Waals surface area (Å²) in [5, 5.41) is 0. The quantitative estimate of drug-likeness (QED) is 0.752. The predicted molar refractivity (Wildman–Crippen MR) is 80.4 cm³/mol. The molecule has 0 saturated carbocycles. The highest BCUT2D eigenvalue weighted by atomic mass is 19.1. The van der Waals surface area contributed by atoms with Crippen molar-refractivity contribution in [2.75, 3.05) is 19.7 Å². The third kappa shape index (κ3) is 3.43. The van der Waals surface area contributed by atoms with Gasteiger partial charge in [0.15, 0.2) is 0 Å². The van der Waals surface area contributed by atoms with Gasteiger partial charge in [0.1, 0.15) is 5.82 Å². The molecule has 0 radical (unpaired) electrons. The normalized spacial score (nSPS) is 18.4. The van der Waals surface area contributed by atoms with Crippen molar-refractivity contribution in [3.63, 3.8) is 0 Å². The number of ether oxygens (including phenoxy) is 1. The minimum atomic E-state index is -0.454. The van der Waals surface area contributed by atoms with E-state index >= 15 is 0 Å². The molecule has 1 aromatic rings. The molecule has 1 aliphatic heterocycles. The lowest BCUT2D eigenvalue weighted by molar-refractivity contribution is -0.147. The van der Waals surface area contributed by atoms with Gasteiger partial charge in [-0.15, -0.1) is 0 Å². The van der Waals surface area contributed by atoms with Gasteiger partial charge in [-0.3, -0.25) is 9.69 Å². The minimum absolute atomic E-state index is 0.212. The van der Waals surface area contributed by atoms with E-state index < -0.39 is 5.54 Å². The van der Waals surface area contributed by atoms with E-state index in [1.165, 1.54) is 6.07 Å². The zero-order valence-corrected chi connectivity index (χ0v) is 12.9. The highest BCUT2D eigenvalue weighted by Gasteiger charge is 2.40. The summed E-state index contributed by atoms with van der Waals surface area (Å²) in [5.74, 6) is -0.469. The molecule has 0 N–H and O–H groups in total. The van der Waals surface area contributed by atoms with Crippen LogP contribution in [0.4, 0.5) is 4.39 Å². The van der Waals surface area contributed by atoms with Crippen molar-refractivity contribution in [1.82, 2.24) is 4.90 Å². The van der Waals surface area contributed by atoms with Gasteiger partial charge in [0, 0.05) is 0 Å². The summed E-state index contributed by atoms with van der Waals surface area (Å²) in [6, 6.07) is 6.64. The van der Waals surface area contributed by atoms with Crippen LogP contribution in [0, 0.1) is 5.82 Å². The van der Waals surface area contributed by atoms with Crippen molar-refractivity contribution in [2.45, 2.75) is 45.1 Å². The number of rotatable bonds is 6. The molecule has 1 aromatic carbocycles. The van der Waals surface area contributed by atoms with Gasteiger partial charge in [-0.1, -0.05) is 19.1 Å². The van der Waals surface area contributed by atoms with E-state index in [-0.39, 0.29) is 18.2 Å². The van der Waals surface area contributed by atoms with Crippen LogP contribution in [0.3, 0.4) is 0 Å². The van der Waals surface area contributed by atoms with E-state index in [9.17, 15) is 9.18 Å². The van der Waals surface area contributed by atoms with Crippen LogP contribution in [-0.4, -0.2) is 30.6 Å². The Morgan fingerprint density at radius 1 is 1.33 bits per heavy atom. The molecule has 1 heterocycles. The SMILES string of the molecule is CCOC(=O)CC(CC)(c1cccc(F)c1)N1CCCC1. The molecule has 1 unspecified atom stereocenters. The van der Waals surface area contributed by atoms with E-state index in [0.717, 1.165) is 37.9 Å². The van der Waals surface area contributed by atoms with E-state index in [1.807, 2.05) is 13.0 Å². The Labute approximate surface area is 126 Å². The first kappa shape index (κ1) is 16.0. The predicted octanol–water partition coefficient (Wildman–Crippen LogP) is 3.48. The third-order valence-electron chi connectivity index (χ3n) is 4.40. The fourth-order valence-corrected chi connectivity index (χ4v) is 3.32. The summed E-state index contributed by atoms with van der Waals surface area (Å²) in [6.45, 7) is 6.14. The van der Waals surface area contributed by atoms with Gasteiger partial charge in [0.05, 0.1) is 18.6 Å². The molecule has 0 bridgehead atoms. The van der Waals surface area contributed by atoms with Crippen molar-refractivity contribution in [1.29, 1.82) is 0 Å². The average molecular weight is 293 g/mol. The maximum atomic E-state index is 13.7. The molecule has 1 atom stereocenters. The van der Waals surface area contributed by atoms with Crippen molar-refractivity contribution in [3.8, 4) is 0 Å². The number of nitrogens with zero attached hydrogens (tertiary/aromatic N) is 1. The van der Waals surface area contributed by atoms with Gasteiger partial charge in [-0.25, -0.2) is 4.39 Å². The molecule has 3 nitrogen and oxygen atoms in total. The second kappa shape index (κ2) is 7.03. The Morgan fingerprint density at radius 2 is 2.05 bits per heavy atom. The largest absolute Gasteiger partial charge is 0.466 e. The lowest BCUT2D eigenvalue weighted by atomic mass is 9.82. The molecule has 2 rings (SSSR count). The Balaban J connectivity index is 2.38. The smallest absolute Gasteiger partial charge is 0.308 e. The lowest BCUT2D eigenvalue weighted by Crippen LogP contribution is -2.46. The molecule has 4 heteroatoms. The Kier molecular flexibility index (Phi) is 5.34. The van der Waals surface area contributed by atoms with Crippen LogP contribution >= 0.6 is 0 Å². The van der Waals surface area contributed by atoms with Crippen molar-refractivity contribution >= 4 is 5.97 Å². The first-order valence-corrected chi connectivity index (χ1v) is 7.79. The molecule has 0 amide bonds. The molecule has 0 aliphatic carbocycles. The van der Waals surface area contributed by atoms with Crippen molar-refractivity contribution in [2.24, 2.45) is 0 Å². The van der Waals surface area contributed by atoms with Crippen molar-refractivity contribution < 1.29 is 13.9 Å². The molecular weight excluding hydrogens is 269 g/mol. The highest BCUT2D eigenvalue weighted by Crippen LogP contribution is 2.38. The first-order chi connectivity index (χ1) is 10.1. The van der Waals surface area contributed by atoms with E-state index in [0.29, 0.717) is 6.61 Å². The first-order valence-electron chi connectivity index (χ1n) is 7.79. The molecule has 1 saturated heterocycles. The number of benzene rings is 1. The van der Waals surface area contributed by atoms with Gasteiger partial charge in [0.2, 0.25) is 0 Å². The Hall–Kier alpha value is -1.42. The van der Waals surface area contributed by atoms with Crippen LogP contribution in [0.2, 0.25) is 0 Å². The summed E-state index contributed by atoms with van der Waals surface area (Å²) in [6.07, 6.45) is 3.29. The topological polar surface area (TPSA) is 29.5 Å². The standard InChI is InChI=1S/C17H24FNO2/c1-3-17(13-16(20)21-4-2,19-10-5-6-11-19)14-8-7-9-15(18)12-14/h7-9,12H,3-6,10-11,13H2,1-2H3. The van der Waals surface area contributed by atoms with Crippen LogP contribution in [0.25, 0.3) is 0 Å². The fourth-order valence-electron chi connectivity index (χ4n) is 3.32. The summed E-state index contributed by atoms with van der Waals surface area (Å²) in [7, 11) is 0. The van der Waals surface area contributed by atoms with Crippen LogP contribution in [0.15, 0.2) is 24.3 Å². The van der Waals surface area contributed by atoms with Crippen LogP contribution < -0.4 is 0 Å². The van der Waals surface area contributed by atoms with E-state index in [1.54, 1.807) is 12.1 Å². The van der Waals surface area contributed by atoms with Gasteiger partial charge >= 0.3 is 5.97 Å². The number of hydrogen-bond donors (Lipinski definition) is 0. The zero-order chi connectivity index (χ0) is 15.3. The average Bonchev–Trinajstić information content (AvgIpc) is 2.99. The van der Waals surface area contributed by atoms with Crippen molar-refractivity contribution in [3.05, 3.63) is 35.6 Å². The van der Waals surface area contributed by atoms with Gasteiger partial charge in [-0.05, 0) is 57.0 Å². The van der Waals surface area contributed by atoms with E-state index in [4.69, 9.17) is 4.74 Å². The molecule has 1 aliphatic rings. The molecule has 0 aromatic heterocycles. The molecule has 116 valence electrons. The highest BCUT2D eigenvalue weighted by molar-refractivity contribution is 5.71.